The number of fused-ring (bicyclic) bond motifs is 1. The quantitative estimate of drug-likeness (QED) is 0.195. The molecule has 1 fully saturated rings. The average Bonchev–Trinajstić information content (AvgIpc) is 3.69. The third kappa shape index (κ3) is 4.74. The minimum atomic E-state index is -0.453. The van der Waals surface area contributed by atoms with E-state index in [1.54, 1.807) is 18.3 Å². The molecule has 5 rings (SSSR count). The Hall–Kier alpha value is -3.25. The topological polar surface area (TPSA) is 85.1 Å². The van der Waals surface area contributed by atoms with E-state index in [-0.39, 0.29) is 27.3 Å². The summed E-state index contributed by atoms with van der Waals surface area (Å²) in [5.41, 5.74) is 11.5. The molecule has 0 amide bonds. The number of nitrogens with one attached hydrogen (secondary N) is 1. The molecule has 3 aromatic carbocycles. The summed E-state index contributed by atoms with van der Waals surface area (Å²) in [5.74, 6) is 0.139. The Morgan fingerprint density at radius 1 is 1.03 bits per heavy atom. The second kappa shape index (κ2) is 9.32. The molecule has 5 nitrogen and oxygen atoms in total. The predicted molar refractivity (Wildman–Crippen MR) is 147 cm³/mol. The summed E-state index contributed by atoms with van der Waals surface area (Å²) < 4.78 is 0. The van der Waals surface area contributed by atoms with Crippen LogP contribution in [-0.4, -0.2) is 17.1 Å². The summed E-state index contributed by atoms with van der Waals surface area (Å²) in [6.07, 6.45) is 4.11. The molecule has 0 aliphatic heterocycles. The zero-order chi connectivity index (χ0) is 25.6. The molecule has 1 saturated carbocycles. The van der Waals surface area contributed by atoms with Crippen LogP contribution in [0.25, 0.3) is 22.0 Å². The Bertz CT molecular complexity index is 1480. The molecule has 0 atom stereocenters. The van der Waals surface area contributed by atoms with Gasteiger partial charge in [-0.2, -0.15) is 0 Å². The highest BCUT2D eigenvalue weighted by Crippen LogP contribution is 2.39. The van der Waals surface area contributed by atoms with Gasteiger partial charge in [0.25, 0.3) is 0 Å². The summed E-state index contributed by atoms with van der Waals surface area (Å²) in [7, 11) is 0. The number of benzene rings is 3. The van der Waals surface area contributed by atoms with Crippen LogP contribution in [0.2, 0.25) is 10.0 Å². The molecule has 7 heteroatoms. The lowest BCUT2D eigenvalue weighted by Gasteiger charge is -2.20. The maximum atomic E-state index is 13.2. The van der Waals surface area contributed by atoms with Crippen molar-refractivity contribution < 1.29 is 9.59 Å². The van der Waals surface area contributed by atoms with E-state index in [9.17, 15) is 9.59 Å². The number of ketones is 1. The molecule has 1 aliphatic rings. The highest BCUT2D eigenvalue weighted by molar-refractivity contribution is 6.39. The Labute approximate surface area is 219 Å². The van der Waals surface area contributed by atoms with Crippen molar-refractivity contribution in [2.45, 2.75) is 32.2 Å². The summed E-state index contributed by atoms with van der Waals surface area (Å²) in [4.78, 5) is 29.1. The van der Waals surface area contributed by atoms with Crippen LogP contribution in [0.3, 0.4) is 0 Å². The van der Waals surface area contributed by atoms with E-state index in [1.807, 2.05) is 56.3 Å². The number of anilines is 2. The molecule has 1 aliphatic carbocycles. The smallest absolute Gasteiger partial charge is 0.169 e. The lowest BCUT2D eigenvalue weighted by molar-refractivity contribution is 0.0968. The van der Waals surface area contributed by atoms with E-state index in [0.29, 0.717) is 17.5 Å². The summed E-state index contributed by atoms with van der Waals surface area (Å²) in [6, 6.07) is 17.1. The van der Waals surface area contributed by atoms with Crippen molar-refractivity contribution in [3.8, 4) is 11.1 Å². The van der Waals surface area contributed by atoms with E-state index in [1.165, 1.54) is 0 Å². The van der Waals surface area contributed by atoms with Crippen LogP contribution in [0.5, 0.6) is 0 Å². The molecule has 4 aromatic rings. The molecule has 0 radical (unpaired) electrons. The van der Waals surface area contributed by atoms with Crippen molar-refractivity contribution in [1.29, 1.82) is 0 Å². The van der Waals surface area contributed by atoms with Gasteiger partial charge in [0.2, 0.25) is 0 Å². The van der Waals surface area contributed by atoms with E-state index in [4.69, 9.17) is 28.9 Å². The summed E-state index contributed by atoms with van der Waals surface area (Å²) >= 11 is 12.6. The van der Waals surface area contributed by atoms with Crippen LogP contribution in [0.1, 0.15) is 53.0 Å². The molecule has 0 unspecified atom stereocenters. The molecule has 182 valence electrons. The third-order valence-electron chi connectivity index (χ3n) is 6.51. The highest BCUT2D eigenvalue weighted by Gasteiger charge is 2.32. The van der Waals surface area contributed by atoms with Gasteiger partial charge in [0, 0.05) is 28.7 Å². The molecule has 0 bridgehead atoms. The van der Waals surface area contributed by atoms with Crippen molar-refractivity contribution in [2.75, 3.05) is 5.32 Å². The second-order valence-electron chi connectivity index (χ2n) is 9.81. The number of hydrogen-bond donors (Lipinski definition) is 2. The Morgan fingerprint density at radius 2 is 1.69 bits per heavy atom. The van der Waals surface area contributed by atoms with Crippen LogP contribution in [0.15, 0.2) is 60.8 Å². The van der Waals surface area contributed by atoms with Crippen LogP contribution >= 0.6 is 23.2 Å². The fourth-order valence-corrected chi connectivity index (χ4v) is 4.83. The number of hydrogen-bond acceptors (Lipinski definition) is 5. The van der Waals surface area contributed by atoms with Crippen molar-refractivity contribution in [1.82, 2.24) is 4.98 Å². The number of halogens is 2. The van der Waals surface area contributed by atoms with Gasteiger partial charge in [0.1, 0.15) is 0 Å². The molecular weight excluding hydrogens is 493 g/mol. The van der Waals surface area contributed by atoms with E-state index >= 15 is 0 Å². The summed E-state index contributed by atoms with van der Waals surface area (Å²) in [5, 5.41) is 4.84. The van der Waals surface area contributed by atoms with Crippen LogP contribution in [0.4, 0.5) is 11.4 Å². The molecular formula is C29H25Cl2N3O2. The number of aromatic nitrogens is 1. The molecule has 1 aromatic heterocycles. The van der Waals surface area contributed by atoms with Crippen molar-refractivity contribution >= 4 is 57.5 Å². The van der Waals surface area contributed by atoms with Crippen LogP contribution in [-0.2, 0) is 5.54 Å². The monoisotopic (exact) mass is 517 g/mol. The molecule has 0 saturated heterocycles. The number of rotatable bonds is 7. The predicted octanol–water partition coefficient (Wildman–Crippen LogP) is 7.55. The molecule has 0 spiro atoms. The largest absolute Gasteiger partial charge is 0.354 e. The lowest BCUT2D eigenvalue weighted by atomic mass is 9.95. The maximum Gasteiger partial charge on any atom is 0.169 e. The first kappa shape index (κ1) is 24.4. The van der Waals surface area contributed by atoms with Gasteiger partial charge in [0.15, 0.2) is 12.1 Å². The van der Waals surface area contributed by atoms with Gasteiger partial charge in [-0.25, -0.2) is 0 Å². The Kier molecular flexibility index (Phi) is 6.33. The standard InChI is InChI=1S/C29H25Cl2N3O2/c1-29(2,32)19-6-8-20(9-7-19)34-27-21-11-17(18-12-24(30)23(15-35)25(31)13-18)5-10-26(21)33-14-22(27)28(36)16-3-4-16/h5-16H,3-4,32H2,1-2H3,(H,33,34). The first-order valence-corrected chi connectivity index (χ1v) is 12.5. The van der Waals surface area contributed by atoms with Gasteiger partial charge in [-0.15, -0.1) is 0 Å². The molecule has 3 N–H and O–H groups in total. The number of carbonyl (C=O) groups excluding carboxylic acids is 2. The first-order chi connectivity index (χ1) is 17.2. The van der Waals surface area contributed by atoms with E-state index in [0.717, 1.165) is 46.1 Å². The van der Waals surface area contributed by atoms with Gasteiger partial charge in [-0.05, 0) is 79.8 Å². The fourth-order valence-electron chi connectivity index (χ4n) is 4.25. The first-order valence-electron chi connectivity index (χ1n) is 11.7. The van der Waals surface area contributed by atoms with E-state index in [2.05, 4.69) is 10.3 Å². The fraction of sp³-hybridized carbons (Fsp3) is 0.207. The third-order valence-corrected chi connectivity index (χ3v) is 7.14. The maximum absolute atomic E-state index is 13.2. The second-order valence-corrected chi connectivity index (χ2v) is 10.6. The minimum Gasteiger partial charge on any atom is -0.354 e. The zero-order valence-electron chi connectivity index (χ0n) is 19.9. The van der Waals surface area contributed by atoms with Crippen molar-refractivity contribution in [3.05, 3.63) is 87.5 Å². The molecule has 36 heavy (non-hydrogen) atoms. The van der Waals surface area contributed by atoms with Crippen LogP contribution < -0.4 is 11.1 Å². The molecule has 1 heterocycles. The highest BCUT2D eigenvalue weighted by atomic mass is 35.5. The van der Waals surface area contributed by atoms with Gasteiger partial charge in [0.05, 0.1) is 32.4 Å². The lowest BCUT2D eigenvalue weighted by Crippen LogP contribution is -2.28. The van der Waals surface area contributed by atoms with Crippen molar-refractivity contribution in [2.24, 2.45) is 11.7 Å². The van der Waals surface area contributed by atoms with Gasteiger partial charge in [-0.1, -0.05) is 41.4 Å². The normalized spacial score (nSPS) is 13.6. The number of nitrogens with zero attached hydrogens (tertiary/aromatic N) is 1. The Morgan fingerprint density at radius 3 is 2.28 bits per heavy atom. The number of pyridine rings is 1. The van der Waals surface area contributed by atoms with Crippen LogP contribution in [0, 0.1) is 5.92 Å². The van der Waals surface area contributed by atoms with Gasteiger partial charge < -0.3 is 11.1 Å². The number of aldehydes is 1. The minimum absolute atomic E-state index is 0.0434. The number of carbonyl (C=O) groups is 2. The number of Topliss-reactive ketones (excluding diaryl/α,β-unsaturated/α-hetero) is 1. The summed E-state index contributed by atoms with van der Waals surface area (Å²) in [6.45, 7) is 3.92. The number of nitrogens with two attached hydrogens (primary N) is 1. The van der Waals surface area contributed by atoms with E-state index < -0.39 is 5.54 Å². The zero-order valence-corrected chi connectivity index (χ0v) is 21.5. The SMILES string of the molecule is CC(C)(N)c1ccc(Nc2c(C(=O)C3CC3)cnc3ccc(-c4cc(Cl)c(C=O)c(Cl)c4)cc23)cc1. The Balaban J connectivity index is 1.64. The van der Waals surface area contributed by atoms with Gasteiger partial charge >= 0.3 is 0 Å². The van der Waals surface area contributed by atoms with Gasteiger partial charge in [-0.3, -0.25) is 14.6 Å². The average molecular weight is 518 g/mol. The van der Waals surface area contributed by atoms with Crippen molar-refractivity contribution in [3.63, 3.8) is 0 Å².